The van der Waals surface area contributed by atoms with Crippen LogP contribution in [0.25, 0.3) is 5.65 Å². The van der Waals surface area contributed by atoms with Gasteiger partial charge in [-0.05, 0) is 24.3 Å². The van der Waals surface area contributed by atoms with Gasteiger partial charge < -0.3 is 14.1 Å². The van der Waals surface area contributed by atoms with Crippen LogP contribution in [0.1, 0.15) is 11.5 Å². The summed E-state index contributed by atoms with van der Waals surface area (Å²) in [5, 5.41) is 3.98. The Morgan fingerprint density at radius 2 is 2.17 bits per heavy atom. The van der Waals surface area contributed by atoms with E-state index in [0.717, 1.165) is 17.1 Å². The van der Waals surface area contributed by atoms with Crippen LogP contribution in [0, 0.1) is 0 Å². The molecule has 0 amide bonds. The predicted molar refractivity (Wildman–Crippen MR) is 69.5 cm³/mol. The highest BCUT2D eigenvalue weighted by atomic mass is 35.5. The van der Waals surface area contributed by atoms with Gasteiger partial charge in [0.25, 0.3) is 0 Å². The molecule has 0 aromatic carbocycles. The third-order valence-electron chi connectivity index (χ3n) is 2.65. The van der Waals surface area contributed by atoms with E-state index in [1.54, 1.807) is 6.26 Å². The van der Waals surface area contributed by atoms with Crippen LogP contribution < -0.4 is 5.32 Å². The Bertz CT molecular complexity index is 645. The van der Waals surface area contributed by atoms with Crippen molar-refractivity contribution in [3.63, 3.8) is 0 Å². The second-order valence-corrected chi connectivity index (χ2v) is 4.46. The number of halogens is 1. The number of imidazole rings is 1. The lowest BCUT2D eigenvalue weighted by molar-refractivity contribution is 0.482. The van der Waals surface area contributed by atoms with Crippen LogP contribution in [0.4, 0.5) is 0 Å². The minimum Gasteiger partial charge on any atom is -0.468 e. The van der Waals surface area contributed by atoms with Crippen molar-refractivity contribution in [2.45, 2.75) is 13.1 Å². The Labute approximate surface area is 109 Å². The number of rotatable bonds is 4. The molecule has 1 N–H and O–H groups in total. The maximum absolute atomic E-state index is 5.92. The quantitative estimate of drug-likeness (QED) is 0.785. The van der Waals surface area contributed by atoms with Gasteiger partial charge in [0.1, 0.15) is 11.4 Å². The molecule has 3 rings (SSSR count). The van der Waals surface area contributed by atoms with E-state index in [4.69, 9.17) is 16.0 Å². The molecule has 0 aliphatic heterocycles. The molecule has 0 bridgehead atoms. The van der Waals surface area contributed by atoms with Crippen LogP contribution in [0.2, 0.25) is 5.02 Å². The third-order valence-corrected chi connectivity index (χ3v) is 2.87. The first-order chi connectivity index (χ1) is 8.81. The molecule has 0 aliphatic carbocycles. The third kappa shape index (κ3) is 2.39. The monoisotopic (exact) mass is 261 g/mol. The van der Waals surface area contributed by atoms with Crippen LogP contribution in [-0.4, -0.2) is 9.38 Å². The molecule has 0 radical (unpaired) electrons. The predicted octanol–water partition coefficient (Wildman–Crippen LogP) is 2.87. The molecule has 92 valence electrons. The average molecular weight is 262 g/mol. The minimum absolute atomic E-state index is 0.694. The second kappa shape index (κ2) is 4.84. The maximum Gasteiger partial charge on any atom is 0.137 e. The van der Waals surface area contributed by atoms with E-state index in [1.165, 1.54) is 0 Å². The van der Waals surface area contributed by atoms with Crippen molar-refractivity contribution in [3.05, 3.63) is 59.4 Å². The molecule has 0 saturated carbocycles. The van der Waals surface area contributed by atoms with Gasteiger partial charge in [-0.15, -0.1) is 0 Å². The smallest absolute Gasteiger partial charge is 0.137 e. The highest BCUT2D eigenvalue weighted by molar-refractivity contribution is 6.30. The Morgan fingerprint density at radius 1 is 1.22 bits per heavy atom. The zero-order valence-electron chi connectivity index (χ0n) is 9.64. The number of pyridine rings is 1. The van der Waals surface area contributed by atoms with Crippen LogP contribution in [-0.2, 0) is 13.1 Å². The molecular weight excluding hydrogens is 250 g/mol. The fourth-order valence-electron chi connectivity index (χ4n) is 1.83. The first kappa shape index (κ1) is 11.3. The first-order valence-electron chi connectivity index (χ1n) is 5.67. The van der Waals surface area contributed by atoms with E-state index in [9.17, 15) is 0 Å². The molecule has 0 atom stereocenters. The van der Waals surface area contributed by atoms with E-state index in [0.29, 0.717) is 18.1 Å². The minimum atomic E-state index is 0.694. The lowest BCUT2D eigenvalue weighted by atomic mass is 10.4. The fraction of sp³-hybridized carbons (Fsp3) is 0.154. The SMILES string of the molecule is Clc1ccc2nc(CNCc3ccco3)cn2c1. The molecule has 3 heterocycles. The van der Waals surface area contributed by atoms with Gasteiger partial charge in [-0.1, -0.05) is 11.6 Å². The van der Waals surface area contributed by atoms with Gasteiger partial charge in [0.15, 0.2) is 0 Å². The van der Waals surface area contributed by atoms with Crippen molar-refractivity contribution >= 4 is 17.2 Å². The first-order valence-corrected chi connectivity index (χ1v) is 6.05. The summed E-state index contributed by atoms with van der Waals surface area (Å²) in [6.07, 6.45) is 5.49. The van der Waals surface area contributed by atoms with Crippen molar-refractivity contribution in [1.82, 2.24) is 14.7 Å². The molecule has 0 spiro atoms. The Balaban J connectivity index is 1.67. The van der Waals surface area contributed by atoms with Crippen molar-refractivity contribution in [1.29, 1.82) is 0 Å². The van der Waals surface area contributed by atoms with Crippen LogP contribution in [0.3, 0.4) is 0 Å². The van der Waals surface area contributed by atoms with Crippen molar-refractivity contribution in [2.75, 3.05) is 0 Å². The molecule has 3 aromatic rings. The van der Waals surface area contributed by atoms with Gasteiger partial charge in [-0.25, -0.2) is 4.98 Å². The van der Waals surface area contributed by atoms with E-state index in [2.05, 4.69) is 10.3 Å². The number of furan rings is 1. The zero-order valence-corrected chi connectivity index (χ0v) is 10.4. The Morgan fingerprint density at radius 3 is 3.00 bits per heavy atom. The Hall–Kier alpha value is -1.78. The number of aromatic nitrogens is 2. The number of hydrogen-bond donors (Lipinski definition) is 1. The largest absolute Gasteiger partial charge is 0.468 e. The summed E-state index contributed by atoms with van der Waals surface area (Å²) in [4.78, 5) is 4.48. The average Bonchev–Trinajstić information content (AvgIpc) is 2.97. The summed E-state index contributed by atoms with van der Waals surface area (Å²) in [5.41, 5.74) is 1.87. The summed E-state index contributed by atoms with van der Waals surface area (Å²) >= 11 is 5.92. The summed E-state index contributed by atoms with van der Waals surface area (Å²) in [6, 6.07) is 7.56. The highest BCUT2D eigenvalue weighted by Crippen LogP contribution is 2.11. The summed E-state index contributed by atoms with van der Waals surface area (Å²) in [5.74, 6) is 0.918. The van der Waals surface area contributed by atoms with Crippen molar-refractivity contribution < 1.29 is 4.42 Å². The topological polar surface area (TPSA) is 42.5 Å². The van der Waals surface area contributed by atoms with Gasteiger partial charge in [0.05, 0.1) is 23.5 Å². The molecule has 4 nitrogen and oxygen atoms in total. The zero-order chi connectivity index (χ0) is 12.4. The maximum atomic E-state index is 5.92. The molecule has 3 aromatic heterocycles. The van der Waals surface area contributed by atoms with E-state index >= 15 is 0 Å². The number of hydrogen-bond acceptors (Lipinski definition) is 3. The van der Waals surface area contributed by atoms with Crippen LogP contribution in [0.15, 0.2) is 47.3 Å². The number of nitrogens with one attached hydrogen (secondary N) is 1. The lowest BCUT2D eigenvalue weighted by Gasteiger charge is -1.98. The standard InChI is InChI=1S/C13H12ClN3O/c14-10-3-4-13-16-11(9-17(13)8-10)6-15-7-12-2-1-5-18-12/h1-5,8-9,15H,6-7H2. The summed E-state index contributed by atoms with van der Waals surface area (Å²) in [7, 11) is 0. The van der Waals surface area contributed by atoms with Gasteiger partial charge in [0.2, 0.25) is 0 Å². The van der Waals surface area contributed by atoms with Crippen LogP contribution >= 0.6 is 11.6 Å². The van der Waals surface area contributed by atoms with Gasteiger partial charge in [0, 0.05) is 18.9 Å². The molecule has 0 unspecified atom stereocenters. The second-order valence-electron chi connectivity index (χ2n) is 4.03. The van der Waals surface area contributed by atoms with Gasteiger partial charge in [-0.3, -0.25) is 0 Å². The van der Waals surface area contributed by atoms with Crippen molar-refractivity contribution in [2.24, 2.45) is 0 Å². The highest BCUT2D eigenvalue weighted by Gasteiger charge is 2.02. The number of fused-ring (bicyclic) bond motifs is 1. The summed E-state index contributed by atoms with van der Waals surface area (Å²) in [6.45, 7) is 1.39. The van der Waals surface area contributed by atoms with E-state index in [-0.39, 0.29) is 0 Å². The lowest BCUT2D eigenvalue weighted by Crippen LogP contribution is -2.12. The Kier molecular flexibility index (Phi) is 3.04. The van der Waals surface area contributed by atoms with Gasteiger partial charge >= 0.3 is 0 Å². The number of nitrogens with zero attached hydrogens (tertiary/aromatic N) is 2. The van der Waals surface area contributed by atoms with Crippen molar-refractivity contribution in [3.8, 4) is 0 Å². The van der Waals surface area contributed by atoms with E-state index < -0.39 is 0 Å². The molecule has 0 fully saturated rings. The molecule has 0 saturated heterocycles. The van der Waals surface area contributed by atoms with E-state index in [1.807, 2.05) is 41.1 Å². The molecule has 5 heteroatoms. The molecule has 18 heavy (non-hydrogen) atoms. The van der Waals surface area contributed by atoms with Gasteiger partial charge in [-0.2, -0.15) is 0 Å². The molecule has 0 aliphatic rings. The van der Waals surface area contributed by atoms with Crippen LogP contribution in [0.5, 0.6) is 0 Å². The summed E-state index contributed by atoms with van der Waals surface area (Å²) < 4.78 is 7.16. The fourth-order valence-corrected chi connectivity index (χ4v) is 2.00. The normalized spacial score (nSPS) is 11.2. The molecular formula is C13H12ClN3O.